The summed E-state index contributed by atoms with van der Waals surface area (Å²) >= 11 is 0. The minimum Gasteiger partial charge on any atom is -0.507 e. The van der Waals surface area contributed by atoms with Gasteiger partial charge in [-0.2, -0.15) is 0 Å². The van der Waals surface area contributed by atoms with Gasteiger partial charge in [0.2, 0.25) is 0 Å². The topological polar surface area (TPSA) is 223 Å². The zero-order chi connectivity index (χ0) is 57.8. The van der Waals surface area contributed by atoms with Crippen molar-refractivity contribution in [1.29, 1.82) is 0 Å². The van der Waals surface area contributed by atoms with Gasteiger partial charge >= 0.3 is 5.97 Å². The van der Waals surface area contributed by atoms with E-state index in [1.165, 1.54) is 21.9 Å². The van der Waals surface area contributed by atoms with Gasteiger partial charge in [0.1, 0.15) is 29.6 Å². The predicted octanol–water partition coefficient (Wildman–Crippen LogP) is 10.0. The average Bonchev–Trinajstić information content (AvgIpc) is 3.46. The molecule has 0 bridgehead atoms. The van der Waals surface area contributed by atoms with Crippen molar-refractivity contribution in [3.63, 3.8) is 0 Å². The number of phenols is 2. The lowest BCUT2D eigenvalue weighted by atomic mass is 10.0. The minimum absolute atomic E-state index is 0.0444. The molecule has 0 saturated carbocycles. The van der Waals surface area contributed by atoms with Crippen LogP contribution in [0.5, 0.6) is 23.0 Å². The number of nitrogens with zero attached hydrogens (tertiary/aromatic N) is 8. The van der Waals surface area contributed by atoms with E-state index in [9.17, 15) is 24.6 Å². The average molecular weight is 1080 g/mol. The number of likely N-dealkylation sites (N-methyl/N-ethyl adjacent to an activating group) is 2. The van der Waals surface area contributed by atoms with Gasteiger partial charge in [-0.25, -0.2) is 34.7 Å². The Morgan fingerprint density at radius 1 is 0.463 bits per heavy atom. The summed E-state index contributed by atoms with van der Waals surface area (Å²) in [5.74, 6) is 1.96. The highest BCUT2D eigenvalue weighted by Gasteiger charge is 2.21. The van der Waals surface area contributed by atoms with Gasteiger partial charge in [-0.05, 0) is 102 Å². The molecule has 0 fully saturated rings. The summed E-state index contributed by atoms with van der Waals surface area (Å²) in [6.45, 7) is 19.4. The first-order chi connectivity index (χ1) is 38.2. The largest absolute Gasteiger partial charge is 0.507 e. The monoisotopic (exact) mass is 1080 g/mol. The number of aryl methyl sites for hydroxylation is 8. The number of rotatable bonds is 18. The van der Waals surface area contributed by atoms with Crippen LogP contribution in [0.1, 0.15) is 44.5 Å². The first kappa shape index (κ1) is 58.3. The lowest BCUT2D eigenvalue weighted by molar-refractivity contribution is -0.140. The Hall–Kier alpha value is -9.35. The van der Waals surface area contributed by atoms with Gasteiger partial charge in [-0.15, -0.1) is 0 Å². The highest BCUT2D eigenvalue weighted by atomic mass is 16.5. The summed E-state index contributed by atoms with van der Waals surface area (Å²) in [6, 6.07) is 33.8. The van der Waals surface area contributed by atoms with E-state index in [2.05, 4.69) is 30.8 Å². The molecule has 17 heteroatoms. The maximum atomic E-state index is 12.4. The number of esters is 1. The summed E-state index contributed by atoms with van der Waals surface area (Å²) in [4.78, 5) is 67.1. The standard InChI is InChI=1S/C33H34N4O5.C30H32N4O4/c1-7-30(40)41-15-14-37(6)29(39)19-42-24-10-13-27(28(38)18-24)33-35-31(25-11-8-20(2)16-22(25)4)34-32(36-33)26-12-9-21(3)17-23(26)5;1-18-6-9-23(20(3)14-18)28-31-29(24-10-7-19(2)15-21(24)4)33-30(32-28)25-11-8-22(16-26(25)36)38-17-27(37)34(5)12-13-35/h7-13,16-18,38H,1,14-15,19H2,2-6H3;6-11,14-16,35-36H,12-13,17H2,1-5H3. The van der Waals surface area contributed by atoms with Crippen molar-refractivity contribution in [1.82, 2.24) is 39.7 Å². The van der Waals surface area contributed by atoms with Crippen molar-refractivity contribution in [2.45, 2.75) is 55.4 Å². The smallest absolute Gasteiger partial charge is 0.330 e. The summed E-state index contributed by atoms with van der Waals surface area (Å²) in [7, 11) is 3.17. The first-order valence-corrected chi connectivity index (χ1v) is 25.8. The predicted molar refractivity (Wildman–Crippen MR) is 308 cm³/mol. The summed E-state index contributed by atoms with van der Waals surface area (Å²) in [5.41, 5.74) is 13.0. The molecule has 2 amide bonds. The van der Waals surface area contributed by atoms with E-state index in [-0.39, 0.29) is 62.8 Å². The lowest BCUT2D eigenvalue weighted by Gasteiger charge is -2.17. The van der Waals surface area contributed by atoms with Crippen molar-refractivity contribution in [2.75, 3.05) is 53.6 Å². The Morgan fingerprint density at radius 3 is 1.05 bits per heavy atom. The number of aromatic nitrogens is 6. The third kappa shape index (κ3) is 14.8. The van der Waals surface area contributed by atoms with Crippen LogP contribution in [0.3, 0.4) is 0 Å². The molecule has 0 aliphatic carbocycles. The van der Waals surface area contributed by atoms with Gasteiger partial charge in [0.05, 0.1) is 24.3 Å². The van der Waals surface area contributed by atoms with Crippen molar-refractivity contribution in [3.05, 3.63) is 166 Å². The maximum absolute atomic E-state index is 12.4. The number of hydrogen-bond donors (Lipinski definition) is 3. The van der Waals surface area contributed by atoms with Crippen molar-refractivity contribution in [2.24, 2.45) is 0 Å². The normalized spacial score (nSPS) is 10.8. The van der Waals surface area contributed by atoms with Gasteiger partial charge in [0, 0.05) is 61.1 Å². The zero-order valence-electron chi connectivity index (χ0n) is 46.8. The van der Waals surface area contributed by atoms with Gasteiger partial charge in [0.25, 0.3) is 11.8 Å². The molecular formula is C63H66N8O9. The fourth-order valence-corrected chi connectivity index (χ4v) is 8.57. The van der Waals surface area contributed by atoms with Crippen LogP contribution in [0.2, 0.25) is 0 Å². The fraction of sp³-hybridized carbons (Fsp3) is 0.254. The molecule has 8 rings (SSSR count). The Balaban J connectivity index is 0.000000232. The van der Waals surface area contributed by atoms with Crippen LogP contribution in [-0.2, 0) is 19.1 Å². The van der Waals surface area contributed by atoms with Crippen LogP contribution in [0.4, 0.5) is 0 Å². The molecule has 0 radical (unpaired) electrons. The van der Waals surface area contributed by atoms with E-state index < -0.39 is 5.97 Å². The Bertz CT molecular complexity index is 3460. The van der Waals surface area contributed by atoms with Crippen molar-refractivity contribution >= 4 is 17.8 Å². The second-order valence-corrected chi connectivity index (χ2v) is 19.5. The maximum Gasteiger partial charge on any atom is 0.330 e. The van der Waals surface area contributed by atoms with E-state index >= 15 is 0 Å². The number of carbonyl (C=O) groups is 3. The number of phenolic OH excluding ortho intramolecular Hbond substituents is 2. The number of aromatic hydroxyl groups is 2. The van der Waals surface area contributed by atoms with Gasteiger partial charge in [0.15, 0.2) is 48.2 Å². The molecule has 412 valence electrons. The first-order valence-electron chi connectivity index (χ1n) is 25.8. The molecule has 0 spiro atoms. The molecular weight excluding hydrogens is 1010 g/mol. The Kier molecular flexibility index (Phi) is 19.2. The van der Waals surface area contributed by atoms with Crippen LogP contribution in [-0.4, -0.2) is 126 Å². The quantitative estimate of drug-likeness (QED) is 0.0537. The number of aliphatic hydroxyl groups excluding tert-OH is 1. The van der Waals surface area contributed by atoms with E-state index in [1.54, 1.807) is 38.4 Å². The van der Waals surface area contributed by atoms with Gasteiger partial charge in [-0.1, -0.05) is 102 Å². The van der Waals surface area contributed by atoms with E-state index in [0.717, 1.165) is 72.8 Å². The molecule has 8 aromatic rings. The molecule has 6 aromatic carbocycles. The SMILES string of the molecule is C=CC(=O)OCCN(C)C(=O)COc1ccc(-c2nc(-c3ccc(C)cc3C)nc(-c3ccc(C)cc3C)n2)c(O)c1.Cc1ccc(-c2nc(-c3ccc(C)cc3C)nc(-c3ccc(OCC(=O)N(C)CCO)cc3O)n2)c(C)c1. The Morgan fingerprint density at radius 2 is 0.762 bits per heavy atom. The third-order valence-electron chi connectivity index (χ3n) is 13.0. The number of ether oxygens (including phenoxy) is 3. The van der Waals surface area contributed by atoms with E-state index in [0.29, 0.717) is 57.6 Å². The van der Waals surface area contributed by atoms with Gasteiger partial charge < -0.3 is 39.3 Å². The molecule has 3 N–H and O–H groups in total. The second-order valence-electron chi connectivity index (χ2n) is 19.5. The highest BCUT2D eigenvalue weighted by Crippen LogP contribution is 2.36. The van der Waals surface area contributed by atoms with Gasteiger partial charge in [-0.3, -0.25) is 9.59 Å². The minimum atomic E-state index is -0.553. The summed E-state index contributed by atoms with van der Waals surface area (Å²) in [5, 5.41) is 30.9. The van der Waals surface area contributed by atoms with Crippen LogP contribution >= 0.6 is 0 Å². The summed E-state index contributed by atoms with van der Waals surface area (Å²) < 4.78 is 16.1. The van der Waals surface area contributed by atoms with Crippen LogP contribution in [0.25, 0.3) is 68.3 Å². The van der Waals surface area contributed by atoms with E-state index in [1.807, 2.05) is 104 Å². The molecule has 0 unspecified atom stereocenters. The number of aliphatic hydroxyl groups is 1. The number of hydrogen-bond acceptors (Lipinski definition) is 15. The Labute approximate surface area is 466 Å². The highest BCUT2D eigenvalue weighted by molar-refractivity contribution is 5.81. The third-order valence-corrected chi connectivity index (χ3v) is 13.0. The zero-order valence-corrected chi connectivity index (χ0v) is 46.8. The fourth-order valence-electron chi connectivity index (χ4n) is 8.57. The molecule has 17 nitrogen and oxygen atoms in total. The molecule has 2 aromatic heterocycles. The number of carbonyl (C=O) groups excluding carboxylic acids is 3. The van der Waals surface area contributed by atoms with E-state index in [4.69, 9.17) is 49.2 Å². The molecule has 0 aliphatic rings. The number of benzene rings is 6. The van der Waals surface area contributed by atoms with Crippen LogP contribution in [0.15, 0.2) is 122 Å². The molecule has 80 heavy (non-hydrogen) atoms. The molecule has 2 heterocycles. The second kappa shape index (κ2) is 26.3. The summed E-state index contributed by atoms with van der Waals surface area (Å²) in [6.07, 6.45) is 1.06. The molecule has 0 saturated heterocycles. The molecule has 0 atom stereocenters. The number of amides is 2. The van der Waals surface area contributed by atoms with Crippen LogP contribution in [0, 0.1) is 55.4 Å². The van der Waals surface area contributed by atoms with Crippen molar-refractivity contribution < 1.29 is 43.9 Å². The van der Waals surface area contributed by atoms with Crippen LogP contribution < -0.4 is 9.47 Å². The lowest BCUT2D eigenvalue weighted by Crippen LogP contribution is -2.34. The van der Waals surface area contributed by atoms with Crippen molar-refractivity contribution in [3.8, 4) is 91.3 Å². The molecule has 0 aliphatic heterocycles.